The average Bonchev–Trinajstić information content (AvgIpc) is 3.27. The van der Waals surface area contributed by atoms with Gasteiger partial charge in [0.15, 0.2) is 0 Å². The number of halogens is 1. The number of piperidine rings is 1. The lowest BCUT2D eigenvalue weighted by Gasteiger charge is -2.35. The van der Waals surface area contributed by atoms with Crippen molar-refractivity contribution in [2.45, 2.75) is 33.2 Å². The highest BCUT2D eigenvalue weighted by atomic mass is 35.5. The van der Waals surface area contributed by atoms with Crippen molar-refractivity contribution in [1.29, 1.82) is 0 Å². The highest BCUT2D eigenvalue weighted by molar-refractivity contribution is 6.30. The first-order valence-electron chi connectivity index (χ1n) is 10.7. The first kappa shape index (κ1) is 21.4. The molecule has 1 saturated heterocycles. The van der Waals surface area contributed by atoms with Gasteiger partial charge in [-0.2, -0.15) is 4.98 Å². The molecule has 1 aliphatic rings. The molecule has 6 nitrogen and oxygen atoms in total. The molecular formula is C24H27ClN4O2. The maximum absolute atomic E-state index is 13.3. The van der Waals surface area contributed by atoms with Gasteiger partial charge in [-0.1, -0.05) is 34.5 Å². The Morgan fingerprint density at radius 3 is 2.65 bits per heavy atom. The Morgan fingerprint density at radius 2 is 1.94 bits per heavy atom. The predicted octanol–water partition coefficient (Wildman–Crippen LogP) is 4.96. The first-order valence-corrected chi connectivity index (χ1v) is 11.1. The summed E-state index contributed by atoms with van der Waals surface area (Å²) in [5.74, 6) is 1.05. The fourth-order valence-corrected chi connectivity index (χ4v) is 4.10. The van der Waals surface area contributed by atoms with Gasteiger partial charge in [0.05, 0.1) is 12.5 Å². The summed E-state index contributed by atoms with van der Waals surface area (Å²) < 4.78 is 5.42. The highest BCUT2D eigenvalue weighted by Gasteiger charge is 2.30. The molecule has 7 heteroatoms. The van der Waals surface area contributed by atoms with Crippen LogP contribution < -0.4 is 4.90 Å². The summed E-state index contributed by atoms with van der Waals surface area (Å²) in [6.07, 6.45) is 1.90. The van der Waals surface area contributed by atoms with Crippen molar-refractivity contribution >= 4 is 23.2 Å². The van der Waals surface area contributed by atoms with E-state index in [0.29, 0.717) is 29.8 Å². The van der Waals surface area contributed by atoms with E-state index in [9.17, 15) is 4.79 Å². The van der Waals surface area contributed by atoms with Gasteiger partial charge >= 0.3 is 0 Å². The molecule has 0 aliphatic carbocycles. The van der Waals surface area contributed by atoms with Gasteiger partial charge in [-0.05, 0) is 63.1 Å². The van der Waals surface area contributed by atoms with Crippen LogP contribution in [0.3, 0.4) is 0 Å². The SMILES string of the molecule is CCN(Cc1nc(-c2ccc(Cl)cc2)no1)C(=O)[C@H]1CCCN(c2ccc(C)cc2)C1. The van der Waals surface area contributed by atoms with Gasteiger partial charge in [0.1, 0.15) is 0 Å². The van der Waals surface area contributed by atoms with Crippen molar-refractivity contribution in [2.24, 2.45) is 5.92 Å². The van der Waals surface area contributed by atoms with Crippen LogP contribution in [-0.4, -0.2) is 40.6 Å². The van der Waals surface area contributed by atoms with Crippen LogP contribution in [-0.2, 0) is 11.3 Å². The topological polar surface area (TPSA) is 62.5 Å². The Bertz CT molecular complexity index is 1020. The van der Waals surface area contributed by atoms with E-state index in [1.165, 1.54) is 11.3 Å². The van der Waals surface area contributed by atoms with Crippen LogP contribution >= 0.6 is 11.6 Å². The Labute approximate surface area is 187 Å². The predicted molar refractivity (Wildman–Crippen MR) is 122 cm³/mol. The van der Waals surface area contributed by atoms with Crippen LogP contribution in [0.1, 0.15) is 31.2 Å². The molecule has 0 radical (unpaired) electrons. The largest absolute Gasteiger partial charge is 0.371 e. The third-order valence-electron chi connectivity index (χ3n) is 5.76. The quantitative estimate of drug-likeness (QED) is 0.544. The van der Waals surface area contributed by atoms with Crippen LogP contribution in [0.4, 0.5) is 5.69 Å². The molecule has 2 heterocycles. The molecule has 162 valence electrons. The van der Waals surface area contributed by atoms with E-state index >= 15 is 0 Å². The molecule has 1 fully saturated rings. The van der Waals surface area contributed by atoms with Crippen molar-refractivity contribution in [3.8, 4) is 11.4 Å². The van der Waals surface area contributed by atoms with E-state index in [-0.39, 0.29) is 11.8 Å². The maximum Gasteiger partial charge on any atom is 0.246 e. The maximum atomic E-state index is 13.3. The molecule has 0 unspecified atom stereocenters. The number of aromatic nitrogens is 2. The van der Waals surface area contributed by atoms with Gasteiger partial charge in [0.25, 0.3) is 0 Å². The number of nitrogens with zero attached hydrogens (tertiary/aromatic N) is 4. The van der Waals surface area contributed by atoms with Gasteiger partial charge in [0.2, 0.25) is 17.6 Å². The molecule has 1 atom stereocenters. The minimum Gasteiger partial charge on any atom is -0.371 e. The minimum absolute atomic E-state index is 0.0336. The number of carbonyl (C=O) groups is 1. The van der Waals surface area contributed by atoms with Crippen LogP contribution in [0.15, 0.2) is 53.1 Å². The van der Waals surface area contributed by atoms with E-state index in [0.717, 1.165) is 31.5 Å². The van der Waals surface area contributed by atoms with Crippen LogP contribution in [0.2, 0.25) is 5.02 Å². The van der Waals surface area contributed by atoms with E-state index in [2.05, 4.69) is 46.2 Å². The van der Waals surface area contributed by atoms with Crippen LogP contribution in [0, 0.1) is 12.8 Å². The summed E-state index contributed by atoms with van der Waals surface area (Å²) in [6, 6.07) is 15.8. The van der Waals surface area contributed by atoms with Gasteiger partial charge in [-0.3, -0.25) is 4.79 Å². The van der Waals surface area contributed by atoms with E-state index < -0.39 is 0 Å². The number of amides is 1. The number of hydrogen-bond donors (Lipinski definition) is 0. The van der Waals surface area contributed by atoms with Gasteiger partial charge in [-0.15, -0.1) is 0 Å². The lowest BCUT2D eigenvalue weighted by Crippen LogP contribution is -2.44. The Kier molecular flexibility index (Phi) is 6.56. The molecular weight excluding hydrogens is 412 g/mol. The normalized spacial score (nSPS) is 16.4. The van der Waals surface area contributed by atoms with Crippen molar-refractivity contribution in [3.05, 3.63) is 65.0 Å². The molecule has 1 aromatic heterocycles. The molecule has 0 spiro atoms. The van der Waals surface area contributed by atoms with Crippen LogP contribution in [0.25, 0.3) is 11.4 Å². The standard InChI is InChI=1S/C24H27ClN4O2/c1-3-28(16-22-26-23(27-31-22)18-8-10-20(25)11-9-18)24(30)19-5-4-14-29(15-19)21-12-6-17(2)7-13-21/h6-13,19H,3-5,14-16H2,1-2H3/t19-/m0/s1. The molecule has 31 heavy (non-hydrogen) atoms. The zero-order chi connectivity index (χ0) is 21.8. The lowest BCUT2D eigenvalue weighted by molar-refractivity contribution is -0.136. The summed E-state index contributed by atoms with van der Waals surface area (Å²) in [7, 11) is 0. The van der Waals surface area contributed by atoms with E-state index in [1.54, 1.807) is 12.1 Å². The second-order valence-corrected chi connectivity index (χ2v) is 8.43. The summed E-state index contributed by atoms with van der Waals surface area (Å²) >= 11 is 5.94. The molecule has 1 amide bonds. The fourth-order valence-electron chi connectivity index (χ4n) is 3.97. The number of anilines is 1. The fraction of sp³-hybridized carbons (Fsp3) is 0.375. The summed E-state index contributed by atoms with van der Waals surface area (Å²) in [5, 5.41) is 4.71. The molecule has 0 N–H and O–H groups in total. The molecule has 2 aromatic carbocycles. The zero-order valence-corrected chi connectivity index (χ0v) is 18.7. The molecule has 4 rings (SSSR count). The molecule has 0 bridgehead atoms. The Morgan fingerprint density at radius 1 is 1.19 bits per heavy atom. The number of aryl methyl sites for hydroxylation is 1. The Hall–Kier alpha value is -2.86. The number of benzene rings is 2. The van der Waals surface area contributed by atoms with Gasteiger partial charge in [0, 0.05) is 35.9 Å². The van der Waals surface area contributed by atoms with Crippen molar-refractivity contribution in [3.63, 3.8) is 0 Å². The summed E-state index contributed by atoms with van der Waals surface area (Å²) in [6.45, 7) is 6.69. The summed E-state index contributed by atoms with van der Waals surface area (Å²) in [4.78, 5) is 21.9. The number of carbonyl (C=O) groups excluding carboxylic acids is 1. The minimum atomic E-state index is -0.0336. The van der Waals surface area contributed by atoms with E-state index in [4.69, 9.17) is 16.1 Å². The Balaban J connectivity index is 1.42. The highest BCUT2D eigenvalue weighted by Crippen LogP contribution is 2.25. The number of hydrogen-bond acceptors (Lipinski definition) is 5. The molecule has 0 saturated carbocycles. The first-order chi connectivity index (χ1) is 15.0. The monoisotopic (exact) mass is 438 g/mol. The average molecular weight is 439 g/mol. The molecule has 3 aromatic rings. The number of rotatable bonds is 6. The smallest absolute Gasteiger partial charge is 0.246 e. The third kappa shape index (κ3) is 5.07. The van der Waals surface area contributed by atoms with Crippen LogP contribution in [0.5, 0.6) is 0 Å². The van der Waals surface area contributed by atoms with Crippen molar-refractivity contribution in [2.75, 3.05) is 24.5 Å². The zero-order valence-electron chi connectivity index (χ0n) is 17.9. The third-order valence-corrected chi connectivity index (χ3v) is 6.01. The van der Waals surface area contributed by atoms with Crippen molar-refractivity contribution < 1.29 is 9.32 Å². The lowest BCUT2D eigenvalue weighted by atomic mass is 9.95. The second kappa shape index (κ2) is 9.52. The van der Waals surface area contributed by atoms with E-state index in [1.807, 2.05) is 24.0 Å². The molecule has 1 aliphatic heterocycles. The van der Waals surface area contributed by atoms with Gasteiger partial charge < -0.3 is 14.3 Å². The second-order valence-electron chi connectivity index (χ2n) is 7.99. The van der Waals surface area contributed by atoms with Gasteiger partial charge in [-0.25, -0.2) is 0 Å². The van der Waals surface area contributed by atoms with Crippen molar-refractivity contribution in [1.82, 2.24) is 15.0 Å². The summed E-state index contributed by atoms with van der Waals surface area (Å²) in [5.41, 5.74) is 3.24.